The van der Waals surface area contributed by atoms with E-state index in [4.69, 9.17) is 28.5 Å². The monoisotopic (exact) mass is 385 g/mol. The normalized spacial score (nSPS) is 15.3. The molecule has 2 aromatic carbocycles. The van der Waals surface area contributed by atoms with E-state index >= 15 is 0 Å². The molecule has 0 aromatic heterocycles. The lowest BCUT2D eigenvalue weighted by molar-refractivity contribution is 0.0855. The molecule has 0 fully saturated rings. The average molecular weight is 385 g/mol. The van der Waals surface area contributed by atoms with Crippen LogP contribution in [0.15, 0.2) is 48.3 Å². The van der Waals surface area contributed by atoms with Gasteiger partial charge in [-0.1, -0.05) is 17.8 Å². The Morgan fingerprint density at radius 1 is 0.929 bits per heavy atom. The largest absolute Gasteiger partial charge is 0.493 e. The smallest absolute Gasteiger partial charge is 0.203 e. The number of hydrogen-bond acceptors (Lipinski definition) is 7. The van der Waals surface area contributed by atoms with Crippen molar-refractivity contribution < 1.29 is 28.5 Å². The van der Waals surface area contributed by atoms with Gasteiger partial charge >= 0.3 is 0 Å². The second kappa shape index (κ2) is 8.56. The maximum absolute atomic E-state index is 5.67. The van der Waals surface area contributed by atoms with E-state index in [-0.39, 0.29) is 6.10 Å². The van der Waals surface area contributed by atoms with Crippen molar-refractivity contribution in [3.8, 4) is 28.7 Å². The summed E-state index contributed by atoms with van der Waals surface area (Å²) in [5.74, 6) is 2.85. The highest BCUT2D eigenvalue weighted by molar-refractivity contribution is 6.02. The van der Waals surface area contributed by atoms with E-state index in [0.29, 0.717) is 35.2 Å². The maximum Gasteiger partial charge on any atom is 0.203 e. The summed E-state index contributed by atoms with van der Waals surface area (Å²) in [6, 6.07) is 9.32. The van der Waals surface area contributed by atoms with Crippen molar-refractivity contribution in [2.75, 3.05) is 28.4 Å². The number of rotatable bonds is 8. The first kappa shape index (κ1) is 19.4. The molecule has 7 heteroatoms. The molecule has 1 aliphatic rings. The zero-order chi connectivity index (χ0) is 20.1. The van der Waals surface area contributed by atoms with Crippen LogP contribution >= 0.6 is 0 Å². The lowest BCUT2D eigenvalue weighted by atomic mass is 9.99. The van der Waals surface area contributed by atoms with Gasteiger partial charge in [-0.2, -0.15) is 0 Å². The summed E-state index contributed by atoms with van der Waals surface area (Å²) < 4.78 is 26.9. The molecule has 0 saturated heterocycles. The van der Waals surface area contributed by atoms with Gasteiger partial charge in [0.15, 0.2) is 29.1 Å². The summed E-state index contributed by atoms with van der Waals surface area (Å²) >= 11 is 0. The van der Waals surface area contributed by atoms with Gasteiger partial charge in [0.1, 0.15) is 0 Å². The van der Waals surface area contributed by atoms with Gasteiger partial charge in [-0.3, -0.25) is 0 Å². The third-order valence-corrected chi connectivity index (χ3v) is 4.44. The standard InChI is InChI=1S/C21H23NO6/c1-6-27-18-9-13(7-8-16(18)23-2)17-12-15(22-28-17)14-10-19(24-3)21(26-5)20(11-14)25-4/h6-11,17H,1,12H2,2-5H3. The second-order valence-corrected chi connectivity index (χ2v) is 5.94. The number of nitrogens with zero attached hydrogens (tertiary/aromatic N) is 1. The minimum atomic E-state index is -0.243. The Labute approximate surface area is 164 Å². The molecule has 148 valence electrons. The molecule has 1 heterocycles. The van der Waals surface area contributed by atoms with Crippen LogP contribution in [0.4, 0.5) is 0 Å². The Morgan fingerprint density at radius 3 is 2.18 bits per heavy atom. The maximum atomic E-state index is 5.67. The van der Waals surface area contributed by atoms with Crippen LogP contribution in [0.25, 0.3) is 0 Å². The van der Waals surface area contributed by atoms with Crippen LogP contribution in [0.3, 0.4) is 0 Å². The van der Waals surface area contributed by atoms with Gasteiger partial charge in [0, 0.05) is 12.0 Å². The Bertz CT molecular complexity index is 867. The number of oxime groups is 1. The van der Waals surface area contributed by atoms with Crippen molar-refractivity contribution in [3.63, 3.8) is 0 Å². The van der Waals surface area contributed by atoms with Crippen molar-refractivity contribution in [1.82, 2.24) is 0 Å². The van der Waals surface area contributed by atoms with Crippen LogP contribution in [0.1, 0.15) is 23.7 Å². The highest BCUT2D eigenvalue weighted by Gasteiger charge is 2.27. The van der Waals surface area contributed by atoms with Crippen molar-refractivity contribution in [2.45, 2.75) is 12.5 Å². The molecule has 0 spiro atoms. The van der Waals surface area contributed by atoms with E-state index in [1.54, 1.807) is 28.4 Å². The summed E-state index contributed by atoms with van der Waals surface area (Å²) in [6.45, 7) is 3.59. The van der Waals surface area contributed by atoms with Crippen LogP contribution in [0.5, 0.6) is 28.7 Å². The number of hydrogen-bond donors (Lipinski definition) is 0. The molecule has 3 rings (SSSR count). The molecular formula is C21H23NO6. The summed E-state index contributed by atoms with van der Waals surface area (Å²) in [4.78, 5) is 5.67. The van der Waals surface area contributed by atoms with Gasteiger partial charge in [-0.05, 0) is 29.8 Å². The third kappa shape index (κ3) is 3.69. The Morgan fingerprint density at radius 2 is 1.61 bits per heavy atom. The minimum Gasteiger partial charge on any atom is -0.493 e. The first-order valence-electron chi connectivity index (χ1n) is 8.63. The molecule has 0 bridgehead atoms. The fourth-order valence-corrected chi connectivity index (χ4v) is 3.05. The fourth-order valence-electron chi connectivity index (χ4n) is 3.05. The summed E-state index contributed by atoms with van der Waals surface area (Å²) in [6.07, 6.45) is 1.69. The lowest BCUT2D eigenvalue weighted by Gasteiger charge is -2.14. The van der Waals surface area contributed by atoms with Crippen LogP contribution in [0, 0.1) is 0 Å². The fraction of sp³-hybridized carbons (Fsp3) is 0.286. The van der Waals surface area contributed by atoms with E-state index in [1.165, 1.54) is 6.26 Å². The zero-order valence-corrected chi connectivity index (χ0v) is 16.4. The highest BCUT2D eigenvalue weighted by Crippen LogP contribution is 2.41. The van der Waals surface area contributed by atoms with Crippen LogP contribution in [-0.4, -0.2) is 34.2 Å². The van der Waals surface area contributed by atoms with Crippen LogP contribution < -0.4 is 23.7 Å². The van der Waals surface area contributed by atoms with Crippen molar-refractivity contribution >= 4 is 5.71 Å². The molecule has 0 amide bonds. The Hall–Kier alpha value is -3.35. The van der Waals surface area contributed by atoms with Gasteiger partial charge in [0.2, 0.25) is 5.75 Å². The molecule has 2 aromatic rings. The highest BCUT2D eigenvalue weighted by atomic mass is 16.6. The van der Waals surface area contributed by atoms with Crippen LogP contribution in [0.2, 0.25) is 0 Å². The molecule has 0 N–H and O–H groups in total. The van der Waals surface area contributed by atoms with Gasteiger partial charge in [0.05, 0.1) is 40.4 Å². The van der Waals surface area contributed by atoms with E-state index in [2.05, 4.69) is 11.7 Å². The number of ether oxygens (including phenoxy) is 5. The van der Waals surface area contributed by atoms with E-state index < -0.39 is 0 Å². The summed E-state index contributed by atoms with van der Waals surface area (Å²) in [5.41, 5.74) is 2.54. The SMILES string of the molecule is C=COc1cc(C2CC(c3cc(OC)c(OC)c(OC)c3)=NO2)ccc1OC. The van der Waals surface area contributed by atoms with E-state index in [9.17, 15) is 0 Å². The second-order valence-electron chi connectivity index (χ2n) is 5.94. The molecule has 1 atom stereocenters. The molecular weight excluding hydrogens is 362 g/mol. The molecule has 1 unspecified atom stereocenters. The van der Waals surface area contributed by atoms with Gasteiger partial charge in [-0.25, -0.2) is 0 Å². The molecule has 28 heavy (non-hydrogen) atoms. The van der Waals surface area contributed by atoms with E-state index in [0.717, 1.165) is 16.8 Å². The third-order valence-electron chi connectivity index (χ3n) is 4.44. The molecule has 1 aliphatic heterocycles. The Kier molecular flexibility index (Phi) is 5.93. The number of benzene rings is 2. The van der Waals surface area contributed by atoms with Crippen molar-refractivity contribution in [3.05, 3.63) is 54.3 Å². The quantitative estimate of drug-likeness (QED) is 0.637. The van der Waals surface area contributed by atoms with E-state index in [1.807, 2.05) is 30.3 Å². The topological polar surface area (TPSA) is 67.7 Å². The minimum absolute atomic E-state index is 0.243. The van der Waals surface area contributed by atoms with Crippen molar-refractivity contribution in [1.29, 1.82) is 0 Å². The molecule has 7 nitrogen and oxygen atoms in total. The zero-order valence-electron chi connectivity index (χ0n) is 16.4. The molecule has 0 aliphatic carbocycles. The lowest BCUT2D eigenvalue weighted by Crippen LogP contribution is -2.04. The number of methoxy groups -OCH3 is 4. The van der Waals surface area contributed by atoms with Crippen molar-refractivity contribution in [2.24, 2.45) is 5.16 Å². The van der Waals surface area contributed by atoms with Gasteiger partial charge < -0.3 is 28.5 Å². The molecule has 0 saturated carbocycles. The average Bonchev–Trinajstić information content (AvgIpc) is 3.23. The van der Waals surface area contributed by atoms with Gasteiger partial charge in [0.25, 0.3) is 0 Å². The first-order chi connectivity index (χ1) is 13.6. The Balaban J connectivity index is 1.86. The summed E-state index contributed by atoms with van der Waals surface area (Å²) in [5, 5.41) is 4.26. The molecule has 0 radical (unpaired) electrons. The predicted molar refractivity (Wildman–Crippen MR) is 105 cm³/mol. The van der Waals surface area contributed by atoms with Crippen LogP contribution in [-0.2, 0) is 4.84 Å². The predicted octanol–water partition coefficient (Wildman–Crippen LogP) is 4.11. The van der Waals surface area contributed by atoms with Gasteiger partial charge in [-0.15, -0.1) is 0 Å². The summed E-state index contributed by atoms with van der Waals surface area (Å²) in [7, 11) is 6.31. The first-order valence-corrected chi connectivity index (χ1v) is 8.63.